The maximum Gasteiger partial charge on any atom is 0.0186 e. The molecule has 0 aliphatic carbocycles. The van der Waals surface area contributed by atoms with Crippen LogP contribution in [0.1, 0.15) is 0 Å². The molecule has 0 saturated carbocycles. The van der Waals surface area contributed by atoms with Gasteiger partial charge in [0, 0.05) is 9.79 Å². The molecule has 2 aromatic carbocycles. The summed E-state index contributed by atoms with van der Waals surface area (Å²) < 4.78 is 8.38. The molecule has 2 aromatic rings. The van der Waals surface area contributed by atoms with Crippen molar-refractivity contribution >= 4 is 21.6 Å². The van der Waals surface area contributed by atoms with E-state index in [1.54, 1.807) is 21.6 Å². The molecule has 0 radical (unpaired) electrons. The van der Waals surface area contributed by atoms with Crippen molar-refractivity contribution in [3.8, 4) is 0 Å². The van der Waals surface area contributed by atoms with Crippen molar-refractivity contribution in [2.75, 3.05) is 0 Å². The van der Waals surface area contributed by atoms with Crippen molar-refractivity contribution in [1.29, 1.82) is 0 Å². The van der Waals surface area contributed by atoms with E-state index >= 15 is 0 Å². The second-order valence-electron chi connectivity index (χ2n) is 2.79. The second-order valence-corrected chi connectivity index (χ2v) is 5.07. The molecular weight excluding hydrogens is 290 g/mol. The number of hydrogen-bond donors (Lipinski definition) is 0. The molecule has 0 bridgehead atoms. The zero-order valence-electron chi connectivity index (χ0n) is 8.71. The Morgan fingerprint density at radius 1 is 0.625 bits per heavy atom. The van der Waals surface area contributed by atoms with Gasteiger partial charge in [-0.1, -0.05) is 58.0 Å². The maximum atomic E-state index is 8.38. The van der Waals surface area contributed by atoms with Crippen LogP contribution in [-0.4, -0.2) is 0 Å². The molecule has 2 rings (SSSR count). The summed E-state index contributed by atoms with van der Waals surface area (Å²) in [5.41, 5.74) is 0. The SMILES string of the molecule is [O]=[Zn].c1ccc(SSc2ccccc2)cc1. The van der Waals surface area contributed by atoms with Gasteiger partial charge in [0.25, 0.3) is 0 Å². The van der Waals surface area contributed by atoms with Gasteiger partial charge in [-0.3, -0.25) is 0 Å². The van der Waals surface area contributed by atoms with E-state index in [-0.39, 0.29) is 18.3 Å². The van der Waals surface area contributed by atoms with Crippen LogP contribution in [0.15, 0.2) is 70.5 Å². The standard InChI is InChI=1S/C12H10S2.O.Zn/c1-3-7-11(8-4-1)13-14-12-9-5-2-6-10-12;;/h1-10H;;. The van der Waals surface area contributed by atoms with Gasteiger partial charge in [0.15, 0.2) is 0 Å². The minimum Gasteiger partial charge on any atom is -0.0622 e. The van der Waals surface area contributed by atoms with E-state index in [1.807, 2.05) is 12.1 Å². The summed E-state index contributed by atoms with van der Waals surface area (Å²) in [6, 6.07) is 20.8. The molecule has 78 valence electrons. The van der Waals surface area contributed by atoms with Gasteiger partial charge in [-0.15, -0.1) is 0 Å². The second kappa shape index (κ2) is 8.69. The fourth-order valence-corrected chi connectivity index (χ4v) is 3.02. The van der Waals surface area contributed by atoms with E-state index in [9.17, 15) is 0 Å². The Labute approximate surface area is 113 Å². The quantitative estimate of drug-likeness (QED) is 0.619. The summed E-state index contributed by atoms with van der Waals surface area (Å²) in [5.74, 6) is 0. The third-order valence-electron chi connectivity index (χ3n) is 1.72. The van der Waals surface area contributed by atoms with Crippen LogP contribution < -0.4 is 0 Å². The van der Waals surface area contributed by atoms with Crippen LogP contribution in [0.3, 0.4) is 0 Å². The molecule has 0 aromatic heterocycles. The van der Waals surface area contributed by atoms with Crippen molar-refractivity contribution in [3.05, 3.63) is 60.7 Å². The maximum absolute atomic E-state index is 8.38. The van der Waals surface area contributed by atoms with Crippen molar-refractivity contribution in [2.24, 2.45) is 0 Å². The van der Waals surface area contributed by atoms with E-state index in [0.29, 0.717) is 0 Å². The third-order valence-corrected chi connectivity index (χ3v) is 4.14. The molecule has 0 N–H and O–H groups in total. The normalized spacial score (nSPS) is 9.12. The molecule has 0 spiro atoms. The minimum absolute atomic E-state index is 0.125. The van der Waals surface area contributed by atoms with E-state index in [0.717, 1.165) is 0 Å². The first-order chi connectivity index (χ1) is 7.95. The van der Waals surface area contributed by atoms with Crippen LogP contribution in [0, 0.1) is 0 Å². The molecular formula is C12H10OS2Zn. The van der Waals surface area contributed by atoms with Gasteiger partial charge in [0.05, 0.1) is 0 Å². The van der Waals surface area contributed by atoms with Crippen molar-refractivity contribution < 1.29 is 21.8 Å². The Bertz CT molecular complexity index is 355. The molecule has 0 aliphatic heterocycles. The Balaban J connectivity index is 0.000000606. The summed E-state index contributed by atoms with van der Waals surface area (Å²) in [6.07, 6.45) is 0. The van der Waals surface area contributed by atoms with Crippen LogP contribution in [0.2, 0.25) is 0 Å². The average Bonchev–Trinajstić information content (AvgIpc) is 2.41. The van der Waals surface area contributed by atoms with Crippen LogP contribution in [-0.2, 0) is 21.8 Å². The molecule has 4 heteroatoms. The molecule has 0 atom stereocenters. The number of rotatable bonds is 3. The topological polar surface area (TPSA) is 17.1 Å². The van der Waals surface area contributed by atoms with E-state index in [1.165, 1.54) is 9.79 Å². The molecule has 0 aliphatic rings. The molecule has 0 amide bonds. The Morgan fingerprint density at radius 2 is 0.938 bits per heavy atom. The van der Waals surface area contributed by atoms with Gasteiger partial charge in [-0.2, -0.15) is 0 Å². The van der Waals surface area contributed by atoms with E-state index in [4.69, 9.17) is 3.57 Å². The van der Waals surface area contributed by atoms with Crippen molar-refractivity contribution in [1.82, 2.24) is 0 Å². The van der Waals surface area contributed by atoms with Gasteiger partial charge in [-0.05, 0) is 24.3 Å². The summed E-state index contributed by atoms with van der Waals surface area (Å²) in [7, 11) is 3.58. The van der Waals surface area contributed by atoms with E-state index < -0.39 is 0 Å². The largest absolute Gasteiger partial charge is 0.0622 e. The summed E-state index contributed by atoms with van der Waals surface area (Å²) >= 11 is 0.125. The number of benzene rings is 2. The van der Waals surface area contributed by atoms with Crippen molar-refractivity contribution in [3.63, 3.8) is 0 Å². The first-order valence-corrected chi connectivity index (χ1v) is 8.05. The van der Waals surface area contributed by atoms with Gasteiger partial charge < -0.3 is 0 Å². The zero-order chi connectivity index (χ0) is 11.6. The van der Waals surface area contributed by atoms with Gasteiger partial charge >= 0.3 is 21.8 Å². The van der Waals surface area contributed by atoms with Crippen LogP contribution in [0.4, 0.5) is 0 Å². The fourth-order valence-electron chi connectivity index (χ4n) is 1.05. The molecule has 1 nitrogen and oxygen atoms in total. The predicted octanol–water partition coefficient (Wildman–Crippen LogP) is 4.36. The monoisotopic (exact) mass is 298 g/mol. The third kappa shape index (κ3) is 5.06. The molecule has 0 heterocycles. The summed E-state index contributed by atoms with van der Waals surface area (Å²) in [5, 5.41) is 0. The summed E-state index contributed by atoms with van der Waals surface area (Å²) in [4.78, 5) is 2.59. The van der Waals surface area contributed by atoms with Gasteiger partial charge in [-0.25, -0.2) is 0 Å². The fraction of sp³-hybridized carbons (Fsp3) is 0. The van der Waals surface area contributed by atoms with Gasteiger partial charge in [0.2, 0.25) is 0 Å². The van der Waals surface area contributed by atoms with Crippen LogP contribution in [0.25, 0.3) is 0 Å². The van der Waals surface area contributed by atoms with E-state index in [2.05, 4.69) is 48.5 Å². The predicted molar refractivity (Wildman–Crippen MR) is 65.3 cm³/mol. The van der Waals surface area contributed by atoms with Crippen LogP contribution in [0.5, 0.6) is 0 Å². The van der Waals surface area contributed by atoms with Gasteiger partial charge in [0.1, 0.15) is 0 Å². The van der Waals surface area contributed by atoms with Crippen molar-refractivity contribution in [2.45, 2.75) is 9.79 Å². The average molecular weight is 300 g/mol. The number of hydrogen-bond acceptors (Lipinski definition) is 3. The molecule has 16 heavy (non-hydrogen) atoms. The molecule has 0 saturated heterocycles. The zero-order valence-corrected chi connectivity index (χ0v) is 13.3. The Morgan fingerprint density at radius 3 is 1.25 bits per heavy atom. The Hall–Kier alpha value is -0.437. The summed E-state index contributed by atoms with van der Waals surface area (Å²) in [6.45, 7) is 0. The molecule has 0 fully saturated rings. The first kappa shape index (κ1) is 13.6. The van der Waals surface area contributed by atoms with Crippen LogP contribution >= 0.6 is 21.6 Å². The first-order valence-electron chi connectivity index (χ1n) is 4.68. The molecule has 0 unspecified atom stereocenters. The minimum atomic E-state index is 0.125. The Kier molecular flexibility index (Phi) is 7.40. The smallest absolute Gasteiger partial charge is 0.0186 e.